The first-order valence-electron chi connectivity index (χ1n) is 18.9. The van der Waals surface area contributed by atoms with Crippen LogP contribution in [0.15, 0.2) is 54.6 Å². The summed E-state index contributed by atoms with van der Waals surface area (Å²) in [6, 6.07) is 18.8. The molecule has 1 N–H and O–H groups in total. The number of rotatable bonds is 20. The van der Waals surface area contributed by atoms with E-state index < -0.39 is 18.5 Å². The van der Waals surface area contributed by atoms with Crippen molar-refractivity contribution in [2.24, 2.45) is 0 Å². The maximum absolute atomic E-state index is 13.3. The maximum atomic E-state index is 13.3. The van der Waals surface area contributed by atoms with Crippen molar-refractivity contribution in [3.8, 4) is 5.88 Å². The normalized spacial score (nSPS) is 16.3. The van der Waals surface area contributed by atoms with Crippen LogP contribution < -0.4 is 14.5 Å². The van der Waals surface area contributed by atoms with Crippen LogP contribution in [0.3, 0.4) is 0 Å². The summed E-state index contributed by atoms with van der Waals surface area (Å²) in [6.45, 7) is 9.58. The molecule has 2 unspecified atom stereocenters. The van der Waals surface area contributed by atoms with Gasteiger partial charge < -0.3 is 24.2 Å². The summed E-state index contributed by atoms with van der Waals surface area (Å²) < 4.78 is 17.2. The highest BCUT2D eigenvalue weighted by Gasteiger charge is 2.39. The number of piperazine rings is 1. The molecule has 10 nitrogen and oxygen atoms in total. The second-order valence-corrected chi connectivity index (χ2v) is 13.4. The van der Waals surface area contributed by atoms with Crippen molar-refractivity contribution < 1.29 is 28.9 Å². The number of amides is 1. The van der Waals surface area contributed by atoms with Crippen LogP contribution in [0.4, 0.5) is 11.5 Å². The summed E-state index contributed by atoms with van der Waals surface area (Å²) in [6.07, 6.45) is 8.00. The number of unbranched alkanes of at least 4 members (excludes halogenated alkanes) is 7. The van der Waals surface area contributed by atoms with Gasteiger partial charge in [0.15, 0.2) is 6.29 Å². The number of hydrogen-bond acceptors (Lipinski definition) is 9. The van der Waals surface area contributed by atoms with Gasteiger partial charge in [0.2, 0.25) is 18.0 Å². The summed E-state index contributed by atoms with van der Waals surface area (Å²) >= 11 is 0. The van der Waals surface area contributed by atoms with Crippen molar-refractivity contribution in [2.45, 2.75) is 103 Å². The van der Waals surface area contributed by atoms with Crippen molar-refractivity contribution in [3.63, 3.8) is 0 Å². The summed E-state index contributed by atoms with van der Waals surface area (Å²) in [4.78, 5) is 37.3. The molecule has 1 fully saturated rings. The van der Waals surface area contributed by atoms with Crippen LogP contribution in [0.5, 0.6) is 5.88 Å². The molecule has 0 bridgehead atoms. The molecule has 2 aliphatic heterocycles. The van der Waals surface area contributed by atoms with E-state index in [0.717, 1.165) is 70.4 Å². The molecule has 272 valence electrons. The molecule has 3 aromatic rings. The molecule has 5 rings (SSSR count). The zero-order valence-corrected chi connectivity index (χ0v) is 30.1. The number of aliphatic hydroxyl groups excluding tert-OH is 1. The largest absolute Gasteiger partial charge is 0.478 e. The van der Waals surface area contributed by atoms with Gasteiger partial charge in [-0.15, -0.1) is 0 Å². The first-order valence-corrected chi connectivity index (χ1v) is 18.9. The Morgan fingerprint density at radius 3 is 2.42 bits per heavy atom. The molecule has 0 saturated carbocycles. The Hall–Kier alpha value is -3.73. The number of pyridine rings is 1. The van der Waals surface area contributed by atoms with Gasteiger partial charge in [-0.1, -0.05) is 81.8 Å². The number of ether oxygens (including phenoxy) is 3. The molecular weight excluding hydrogens is 632 g/mol. The molecule has 1 saturated heterocycles. The number of carbonyl (C=O) groups is 2. The predicted molar refractivity (Wildman–Crippen MR) is 197 cm³/mol. The smallest absolute Gasteiger partial charge is 0.357 e. The Kier molecular flexibility index (Phi) is 14.7. The molecule has 50 heavy (non-hydrogen) atoms. The molecule has 2 aliphatic rings. The Morgan fingerprint density at radius 2 is 1.62 bits per heavy atom. The van der Waals surface area contributed by atoms with Crippen molar-refractivity contribution in [2.75, 3.05) is 55.7 Å². The fraction of sp³-hybridized carbons (Fsp3) is 0.575. The fourth-order valence-electron chi connectivity index (χ4n) is 6.90. The van der Waals surface area contributed by atoms with Crippen molar-refractivity contribution in [3.05, 3.63) is 60.2 Å². The molecule has 0 spiro atoms. The lowest BCUT2D eigenvalue weighted by molar-refractivity contribution is -0.182. The molecule has 3 heterocycles. The number of carbonyl (C=O) groups excluding carboxylic acids is 2. The van der Waals surface area contributed by atoms with Crippen LogP contribution >= 0.6 is 0 Å². The quantitative estimate of drug-likeness (QED) is 0.0775. The van der Waals surface area contributed by atoms with Gasteiger partial charge >= 0.3 is 5.97 Å². The molecular formula is C40H56N4O6. The highest BCUT2D eigenvalue weighted by molar-refractivity contribution is 6.00. The minimum absolute atomic E-state index is 0.123. The number of aryl methyl sites for hydroxylation is 1. The van der Waals surface area contributed by atoms with Gasteiger partial charge in [-0.2, -0.15) is 4.98 Å². The minimum Gasteiger partial charge on any atom is -0.478 e. The van der Waals surface area contributed by atoms with E-state index in [1.807, 2.05) is 12.1 Å². The topological polar surface area (TPSA) is 105 Å². The van der Waals surface area contributed by atoms with Gasteiger partial charge in [-0.05, 0) is 68.7 Å². The standard InChI is InChI=1S/C40H56N4O6/c1-3-5-6-7-8-9-10-20-37(46)50-39(40(47)48-4-2)44-36(45)24-22-32-21-23-35(41-38(32)44)49-30-14-13-25-42-26-28-43(29-27-42)34-19-15-17-31-16-11-12-18-33(31)34/h11-12,15-19,21,23,37,39,46H,3-10,13-14,20,22,24-30H2,1-2H3. The van der Waals surface area contributed by atoms with E-state index in [-0.39, 0.29) is 18.9 Å². The van der Waals surface area contributed by atoms with Crippen LogP contribution in [0.25, 0.3) is 10.8 Å². The number of anilines is 2. The van der Waals surface area contributed by atoms with Crippen LogP contribution in [0.2, 0.25) is 0 Å². The van der Waals surface area contributed by atoms with Crippen LogP contribution in [0, 0.1) is 0 Å². The van der Waals surface area contributed by atoms with E-state index in [4.69, 9.17) is 14.2 Å². The van der Waals surface area contributed by atoms with Crippen LogP contribution in [0.1, 0.15) is 90.0 Å². The van der Waals surface area contributed by atoms with Gasteiger partial charge in [0.05, 0.1) is 13.2 Å². The fourth-order valence-corrected chi connectivity index (χ4v) is 6.90. The van der Waals surface area contributed by atoms with Gasteiger partial charge in [0, 0.05) is 49.7 Å². The number of fused-ring (bicyclic) bond motifs is 2. The number of benzene rings is 2. The molecule has 1 aromatic heterocycles. The average molecular weight is 689 g/mol. The lowest BCUT2D eigenvalue weighted by Gasteiger charge is -2.36. The molecule has 10 heteroatoms. The van der Waals surface area contributed by atoms with E-state index in [2.05, 4.69) is 64.2 Å². The summed E-state index contributed by atoms with van der Waals surface area (Å²) in [5.41, 5.74) is 2.13. The highest BCUT2D eigenvalue weighted by Crippen LogP contribution is 2.32. The molecule has 2 aromatic carbocycles. The highest BCUT2D eigenvalue weighted by atomic mass is 16.6. The van der Waals surface area contributed by atoms with Crippen molar-refractivity contribution in [1.82, 2.24) is 9.88 Å². The zero-order chi connectivity index (χ0) is 35.1. The van der Waals surface area contributed by atoms with Gasteiger partial charge in [-0.3, -0.25) is 14.6 Å². The van der Waals surface area contributed by atoms with Gasteiger partial charge in [0.25, 0.3) is 0 Å². The predicted octanol–water partition coefficient (Wildman–Crippen LogP) is 6.86. The SMILES string of the molecule is CCCCCCCCCC(O)OC(C(=O)OCC)N1C(=O)CCc2ccc(OCCCCN3CCN(c4cccc5ccccc45)CC3)nc21. The summed E-state index contributed by atoms with van der Waals surface area (Å²) in [5.74, 6) is -0.315. The van der Waals surface area contributed by atoms with Crippen LogP contribution in [-0.2, 0) is 25.5 Å². The maximum Gasteiger partial charge on any atom is 0.357 e. The Morgan fingerprint density at radius 1 is 0.860 bits per heavy atom. The van der Waals surface area contributed by atoms with E-state index in [0.29, 0.717) is 31.1 Å². The van der Waals surface area contributed by atoms with E-state index in [9.17, 15) is 14.7 Å². The lowest BCUT2D eigenvalue weighted by atomic mass is 10.0. The number of esters is 1. The lowest BCUT2D eigenvalue weighted by Crippen LogP contribution is -2.51. The molecule has 0 aliphatic carbocycles. The summed E-state index contributed by atoms with van der Waals surface area (Å²) in [7, 11) is 0. The van der Waals surface area contributed by atoms with Crippen molar-refractivity contribution in [1.29, 1.82) is 0 Å². The Balaban J connectivity index is 1.10. The van der Waals surface area contributed by atoms with Crippen LogP contribution in [-0.4, -0.2) is 85.3 Å². The third-order valence-electron chi connectivity index (χ3n) is 9.70. The average Bonchev–Trinajstić information content (AvgIpc) is 3.13. The summed E-state index contributed by atoms with van der Waals surface area (Å²) in [5, 5.41) is 13.3. The number of hydrogen-bond donors (Lipinski definition) is 1. The Bertz CT molecular complexity index is 1500. The number of aliphatic hydroxyl groups is 1. The number of aromatic nitrogens is 1. The van der Waals surface area contributed by atoms with Gasteiger partial charge in [0.1, 0.15) is 5.82 Å². The van der Waals surface area contributed by atoms with E-state index in [1.165, 1.54) is 47.0 Å². The second kappa shape index (κ2) is 19.6. The number of nitrogens with zero attached hydrogens (tertiary/aromatic N) is 4. The van der Waals surface area contributed by atoms with E-state index in [1.54, 1.807) is 6.92 Å². The van der Waals surface area contributed by atoms with E-state index >= 15 is 0 Å². The molecule has 1 amide bonds. The van der Waals surface area contributed by atoms with Crippen molar-refractivity contribution >= 4 is 34.2 Å². The third kappa shape index (κ3) is 10.4. The Labute approximate surface area is 297 Å². The third-order valence-corrected chi connectivity index (χ3v) is 9.70. The monoisotopic (exact) mass is 688 g/mol. The molecule has 2 atom stereocenters. The molecule has 0 radical (unpaired) electrons. The zero-order valence-electron chi connectivity index (χ0n) is 30.1. The minimum atomic E-state index is -1.43. The first kappa shape index (κ1) is 37.5. The first-order chi connectivity index (χ1) is 24.5. The van der Waals surface area contributed by atoms with Gasteiger partial charge in [-0.25, -0.2) is 4.79 Å². The second-order valence-electron chi connectivity index (χ2n) is 13.4.